The Hall–Kier alpha value is -3.07. The Morgan fingerprint density at radius 1 is 1.24 bits per heavy atom. The lowest BCUT2D eigenvalue weighted by atomic mass is 10.2. The van der Waals surface area contributed by atoms with Crippen LogP contribution in [0.25, 0.3) is 11.3 Å². The van der Waals surface area contributed by atoms with Gasteiger partial charge >= 0.3 is 0 Å². The Kier molecular flexibility index (Phi) is 4.85. The number of aryl methyl sites for hydroxylation is 1. The molecule has 3 heterocycles. The van der Waals surface area contributed by atoms with Crippen LogP contribution in [0.15, 0.2) is 36.9 Å². The highest BCUT2D eigenvalue weighted by Gasteiger charge is 2.16. The molecule has 0 aromatic carbocycles. The molecule has 3 aromatic heterocycles. The second kappa shape index (κ2) is 7.22. The molecule has 0 saturated heterocycles. The lowest BCUT2D eigenvalue weighted by Gasteiger charge is -2.08. The molecule has 9 nitrogen and oxygen atoms in total. The Labute approximate surface area is 145 Å². The van der Waals surface area contributed by atoms with Crippen LogP contribution in [0.1, 0.15) is 10.5 Å². The zero-order valence-corrected chi connectivity index (χ0v) is 14.4. The lowest BCUT2D eigenvalue weighted by Crippen LogP contribution is -2.19. The fourth-order valence-electron chi connectivity index (χ4n) is 2.27. The second-order valence-corrected chi connectivity index (χ2v) is 5.86. The van der Waals surface area contributed by atoms with Gasteiger partial charge in [-0.25, -0.2) is 9.67 Å². The summed E-state index contributed by atoms with van der Waals surface area (Å²) in [5, 5.41) is 11.3. The highest BCUT2D eigenvalue weighted by Crippen LogP contribution is 2.18. The second-order valence-electron chi connectivity index (χ2n) is 5.86. The summed E-state index contributed by atoms with van der Waals surface area (Å²) < 4.78 is 3.23. The van der Waals surface area contributed by atoms with Crippen molar-refractivity contribution in [2.75, 3.05) is 26.0 Å². The van der Waals surface area contributed by atoms with E-state index in [1.165, 1.54) is 4.68 Å². The molecule has 0 radical (unpaired) electrons. The van der Waals surface area contributed by atoms with Crippen molar-refractivity contribution in [1.29, 1.82) is 0 Å². The Morgan fingerprint density at radius 3 is 2.72 bits per heavy atom. The monoisotopic (exact) mass is 340 g/mol. The Morgan fingerprint density at radius 2 is 2.00 bits per heavy atom. The van der Waals surface area contributed by atoms with Gasteiger partial charge in [0.25, 0.3) is 5.91 Å². The number of likely N-dealkylation sites (N-methyl/N-ethyl adjacent to an activating group) is 1. The van der Waals surface area contributed by atoms with Crippen LogP contribution >= 0.6 is 0 Å². The lowest BCUT2D eigenvalue weighted by molar-refractivity contribution is 0.101. The summed E-state index contributed by atoms with van der Waals surface area (Å²) in [6.07, 6.45) is 4.98. The van der Waals surface area contributed by atoms with E-state index in [1.54, 1.807) is 36.5 Å². The maximum atomic E-state index is 12.5. The quantitative estimate of drug-likeness (QED) is 0.716. The molecule has 0 aliphatic carbocycles. The number of hydrogen-bond donors (Lipinski definition) is 1. The van der Waals surface area contributed by atoms with Gasteiger partial charge < -0.3 is 4.90 Å². The van der Waals surface area contributed by atoms with Crippen molar-refractivity contribution in [2.45, 2.75) is 6.54 Å². The van der Waals surface area contributed by atoms with E-state index in [0.29, 0.717) is 17.9 Å². The number of nitrogens with one attached hydrogen (secondary N) is 1. The maximum absolute atomic E-state index is 12.5. The topological polar surface area (TPSA) is 93.8 Å². The van der Waals surface area contributed by atoms with Crippen molar-refractivity contribution >= 4 is 11.9 Å². The van der Waals surface area contributed by atoms with Crippen LogP contribution in [0.3, 0.4) is 0 Å². The minimum Gasteiger partial charge on any atom is -0.308 e. The van der Waals surface area contributed by atoms with Gasteiger partial charge in [-0.1, -0.05) is 0 Å². The fourth-order valence-corrected chi connectivity index (χ4v) is 2.27. The van der Waals surface area contributed by atoms with E-state index in [9.17, 15) is 4.79 Å². The highest BCUT2D eigenvalue weighted by molar-refractivity contribution is 6.02. The third kappa shape index (κ3) is 4.07. The Balaban J connectivity index is 1.70. The number of nitrogens with zero attached hydrogens (tertiary/aromatic N) is 7. The summed E-state index contributed by atoms with van der Waals surface area (Å²) >= 11 is 0. The fraction of sp³-hybridized carbons (Fsp3) is 0.312. The summed E-state index contributed by atoms with van der Waals surface area (Å²) in [5.41, 5.74) is 2.03. The molecule has 0 aliphatic heterocycles. The molecule has 0 fully saturated rings. The number of carbonyl (C=O) groups excluding carboxylic acids is 1. The predicted molar refractivity (Wildman–Crippen MR) is 93.0 cm³/mol. The summed E-state index contributed by atoms with van der Waals surface area (Å²) in [4.78, 5) is 22.6. The molecule has 3 rings (SSSR count). The number of hydrogen-bond acceptors (Lipinski definition) is 6. The molecule has 9 heteroatoms. The SMILES string of the molecule is CN(C)CCn1cnc(NC(=O)c2cc(-c3ccncc3)nn2C)n1. The first-order chi connectivity index (χ1) is 12.0. The van der Waals surface area contributed by atoms with Gasteiger partial charge in [0, 0.05) is 31.5 Å². The van der Waals surface area contributed by atoms with E-state index in [2.05, 4.69) is 30.4 Å². The van der Waals surface area contributed by atoms with E-state index in [0.717, 1.165) is 12.1 Å². The summed E-state index contributed by atoms with van der Waals surface area (Å²) in [5.74, 6) is -0.0314. The molecule has 3 aromatic rings. The van der Waals surface area contributed by atoms with Gasteiger partial charge in [-0.2, -0.15) is 5.10 Å². The van der Waals surface area contributed by atoms with Crippen molar-refractivity contribution < 1.29 is 4.79 Å². The number of carbonyl (C=O) groups is 1. The first kappa shape index (κ1) is 16.8. The summed E-state index contributed by atoms with van der Waals surface area (Å²) in [6.45, 7) is 1.54. The van der Waals surface area contributed by atoms with Crippen molar-refractivity contribution in [2.24, 2.45) is 7.05 Å². The third-order valence-electron chi connectivity index (χ3n) is 3.63. The maximum Gasteiger partial charge on any atom is 0.276 e. The molecule has 0 spiro atoms. The standard InChI is InChI=1S/C16H20N8O/c1-22(2)8-9-24-11-18-16(21-24)19-15(25)14-10-13(20-23(14)3)12-4-6-17-7-5-12/h4-7,10-11H,8-9H2,1-3H3,(H,19,21,25). The van der Waals surface area contributed by atoms with Crippen LogP contribution in [-0.4, -0.2) is 61.0 Å². The van der Waals surface area contributed by atoms with E-state index in [-0.39, 0.29) is 11.9 Å². The minimum atomic E-state index is -0.305. The molecule has 0 saturated carbocycles. The van der Waals surface area contributed by atoms with Crippen LogP contribution in [-0.2, 0) is 13.6 Å². The van der Waals surface area contributed by atoms with Crippen molar-refractivity contribution in [3.63, 3.8) is 0 Å². The molecular weight excluding hydrogens is 320 g/mol. The van der Waals surface area contributed by atoms with Crippen molar-refractivity contribution in [1.82, 2.24) is 34.4 Å². The number of pyridine rings is 1. The number of rotatable bonds is 6. The van der Waals surface area contributed by atoms with E-state index in [1.807, 2.05) is 26.2 Å². The van der Waals surface area contributed by atoms with Gasteiger partial charge in [0.15, 0.2) is 0 Å². The Bertz CT molecular complexity index is 852. The number of anilines is 1. The zero-order valence-electron chi connectivity index (χ0n) is 14.4. The van der Waals surface area contributed by atoms with Crippen LogP contribution < -0.4 is 5.32 Å². The van der Waals surface area contributed by atoms with E-state index < -0.39 is 0 Å². The molecule has 0 atom stereocenters. The van der Waals surface area contributed by atoms with E-state index in [4.69, 9.17) is 0 Å². The molecule has 25 heavy (non-hydrogen) atoms. The molecule has 1 amide bonds. The van der Waals surface area contributed by atoms with Crippen molar-refractivity contribution in [3.05, 3.63) is 42.6 Å². The first-order valence-corrected chi connectivity index (χ1v) is 7.83. The van der Waals surface area contributed by atoms with Gasteiger partial charge in [-0.3, -0.25) is 19.8 Å². The summed E-state index contributed by atoms with van der Waals surface area (Å²) in [7, 11) is 5.70. The average Bonchev–Trinajstić information content (AvgIpc) is 3.20. The normalized spacial score (nSPS) is 11.0. The minimum absolute atomic E-state index is 0.274. The number of amides is 1. The smallest absolute Gasteiger partial charge is 0.276 e. The average molecular weight is 340 g/mol. The number of aromatic nitrogens is 6. The first-order valence-electron chi connectivity index (χ1n) is 7.83. The molecule has 0 aliphatic rings. The van der Waals surface area contributed by atoms with Crippen LogP contribution in [0.4, 0.5) is 5.95 Å². The molecular formula is C16H20N8O. The van der Waals surface area contributed by atoms with Gasteiger partial charge in [0.05, 0.1) is 12.2 Å². The molecule has 1 N–H and O–H groups in total. The molecule has 0 bridgehead atoms. The van der Waals surface area contributed by atoms with Gasteiger partial charge in [-0.15, -0.1) is 5.10 Å². The van der Waals surface area contributed by atoms with Gasteiger partial charge in [0.1, 0.15) is 12.0 Å². The van der Waals surface area contributed by atoms with Crippen molar-refractivity contribution in [3.8, 4) is 11.3 Å². The largest absolute Gasteiger partial charge is 0.308 e. The zero-order chi connectivity index (χ0) is 17.8. The highest BCUT2D eigenvalue weighted by atomic mass is 16.2. The molecule has 0 unspecified atom stereocenters. The van der Waals surface area contributed by atoms with Crippen LogP contribution in [0.2, 0.25) is 0 Å². The molecule has 130 valence electrons. The predicted octanol–water partition coefficient (Wildman–Crippen LogP) is 0.887. The third-order valence-corrected chi connectivity index (χ3v) is 3.63. The van der Waals surface area contributed by atoms with Crippen LogP contribution in [0.5, 0.6) is 0 Å². The van der Waals surface area contributed by atoms with Crippen LogP contribution in [0, 0.1) is 0 Å². The summed E-state index contributed by atoms with van der Waals surface area (Å²) in [6, 6.07) is 5.42. The van der Waals surface area contributed by atoms with Gasteiger partial charge in [-0.05, 0) is 32.3 Å². The van der Waals surface area contributed by atoms with Gasteiger partial charge in [0.2, 0.25) is 5.95 Å². The van der Waals surface area contributed by atoms with E-state index >= 15 is 0 Å².